The fourth-order valence-electron chi connectivity index (χ4n) is 4.08. The van der Waals surface area contributed by atoms with Crippen LogP contribution in [0.15, 0.2) is 30.3 Å². The maximum atomic E-state index is 12.9. The Morgan fingerprint density at radius 1 is 1.29 bits per heavy atom. The third-order valence-electron chi connectivity index (χ3n) is 5.63. The lowest BCUT2D eigenvalue weighted by molar-refractivity contribution is -0.139. The van der Waals surface area contributed by atoms with Gasteiger partial charge in [-0.25, -0.2) is 0 Å². The van der Waals surface area contributed by atoms with E-state index in [0.29, 0.717) is 43.8 Å². The van der Waals surface area contributed by atoms with E-state index in [0.717, 1.165) is 11.4 Å². The number of piperidine rings is 1. The van der Waals surface area contributed by atoms with Crippen LogP contribution >= 0.6 is 0 Å². The van der Waals surface area contributed by atoms with Crippen LogP contribution in [0, 0.1) is 19.8 Å². The van der Waals surface area contributed by atoms with Gasteiger partial charge in [-0.3, -0.25) is 14.3 Å². The SMILES string of the molecule is Cc1cc(C)n(C[C@H](C)C(=O)N2CCC3(CC2)NC(=O)c2ccccc2O3)n1. The van der Waals surface area contributed by atoms with Crippen LogP contribution in [0.3, 0.4) is 0 Å². The Bertz CT molecular complexity index is 912. The van der Waals surface area contributed by atoms with Crippen molar-refractivity contribution in [2.45, 2.75) is 45.9 Å². The maximum absolute atomic E-state index is 12.9. The number of aryl methyl sites for hydroxylation is 2. The van der Waals surface area contributed by atoms with Gasteiger partial charge in [0, 0.05) is 31.6 Å². The zero-order chi connectivity index (χ0) is 19.9. The van der Waals surface area contributed by atoms with Crippen molar-refractivity contribution in [3.8, 4) is 5.75 Å². The molecule has 2 aromatic rings. The normalized spacial score (nSPS) is 19.0. The Labute approximate surface area is 164 Å². The maximum Gasteiger partial charge on any atom is 0.258 e. The van der Waals surface area contributed by atoms with Crippen molar-refractivity contribution >= 4 is 11.8 Å². The molecule has 1 aromatic carbocycles. The van der Waals surface area contributed by atoms with Crippen LogP contribution in [0.5, 0.6) is 5.75 Å². The molecule has 0 aliphatic carbocycles. The van der Waals surface area contributed by atoms with Crippen molar-refractivity contribution in [2.24, 2.45) is 5.92 Å². The molecule has 1 spiro atoms. The van der Waals surface area contributed by atoms with Gasteiger partial charge in [-0.05, 0) is 32.0 Å². The first kappa shape index (κ1) is 18.5. The summed E-state index contributed by atoms with van der Waals surface area (Å²) in [5.74, 6) is 0.461. The van der Waals surface area contributed by atoms with Crippen LogP contribution in [0.2, 0.25) is 0 Å². The summed E-state index contributed by atoms with van der Waals surface area (Å²) >= 11 is 0. The number of amides is 2. The van der Waals surface area contributed by atoms with Crippen molar-refractivity contribution in [3.63, 3.8) is 0 Å². The molecule has 2 amide bonds. The molecule has 1 fully saturated rings. The monoisotopic (exact) mass is 382 g/mol. The molecule has 0 unspecified atom stereocenters. The minimum atomic E-state index is -0.721. The zero-order valence-corrected chi connectivity index (χ0v) is 16.6. The van der Waals surface area contributed by atoms with Gasteiger partial charge in [0.15, 0.2) is 5.72 Å². The molecular weight excluding hydrogens is 356 g/mol. The lowest BCUT2D eigenvalue weighted by atomic mass is 9.96. The summed E-state index contributed by atoms with van der Waals surface area (Å²) in [5, 5.41) is 7.47. The number of para-hydroxylation sites is 1. The molecule has 2 aliphatic rings. The fraction of sp³-hybridized carbons (Fsp3) is 0.476. The second-order valence-electron chi connectivity index (χ2n) is 7.88. The lowest BCUT2D eigenvalue weighted by Gasteiger charge is -2.44. The number of hydrogen-bond acceptors (Lipinski definition) is 4. The molecule has 7 heteroatoms. The average molecular weight is 382 g/mol. The minimum absolute atomic E-state index is 0.112. The Morgan fingerprint density at radius 3 is 2.68 bits per heavy atom. The van der Waals surface area contributed by atoms with Gasteiger partial charge in [-0.2, -0.15) is 5.10 Å². The summed E-state index contributed by atoms with van der Waals surface area (Å²) in [4.78, 5) is 27.2. The van der Waals surface area contributed by atoms with Crippen LogP contribution in [-0.2, 0) is 11.3 Å². The number of nitrogens with zero attached hydrogens (tertiary/aromatic N) is 3. The smallest absolute Gasteiger partial charge is 0.258 e. The molecule has 4 rings (SSSR count). The number of hydrogen-bond donors (Lipinski definition) is 1. The molecular formula is C21H26N4O3. The number of benzene rings is 1. The fourth-order valence-corrected chi connectivity index (χ4v) is 4.08. The van der Waals surface area contributed by atoms with E-state index in [9.17, 15) is 9.59 Å². The Kier molecular flexibility index (Phi) is 4.61. The summed E-state index contributed by atoms with van der Waals surface area (Å²) < 4.78 is 8.04. The van der Waals surface area contributed by atoms with Crippen LogP contribution in [0.4, 0.5) is 0 Å². The molecule has 1 saturated heterocycles. The van der Waals surface area contributed by atoms with Crippen molar-refractivity contribution in [2.75, 3.05) is 13.1 Å². The molecule has 7 nitrogen and oxygen atoms in total. The van der Waals surface area contributed by atoms with Crippen molar-refractivity contribution in [1.82, 2.24) is 20.0 Å². The number of fused-ring (bicyclic) bond motifs is 1. The molecule has 0 radical (unpaired) electrons. The Balaban J connectivity index is 1.39. The predicted octanol–water partition coefficient (Wildman–Crippen LogP) is 2.28. The first-order valence-electron chi connectivity index (χ1n) is 9.77. The van der Waals surface area contributed by atoms with Gasteiger partial charge >= 0.3 is 0 Å². The van der Waals surface area contributed by atoms with E-state index in [1.807, 2.05) is 54.6 Å². The number of carbonyl (C=O) groups excluding carboxylic acids is 2. The van der Waals surface area contributed by atoms with E-state index in [1.165, 1.54) is 0 Å². The van der Waals surface area contributed by atoms with E-state index in [2.05, 4.69) is 10.4 Å². The highest BCUT2D eigenvalue weighted by Gasteiger charge is 2.43. The average Bonchev–Trinajstić information content (AvgIpc) is 2.98. The molecule has 1 atom stereocenters. The number of carbonyl (C=O) groups is 2. The number of rotatable bonds is 3. The van der Waals surface area contributed by atoms with Crippen LogP contribution < -0.4 is 10.1 Å². The van der Waals surface area contributed by atoms with E-state index < -0.39 is 5.72 Å². The van der Waals surface area contributed by atoms with Crippen molar-refractivity contribution in [3.05, 3.63) is 47.3 Å². The van der Waals surface area contributed by atoms with Crippen LogP contribution in [-0.4, -0.2) is 45.3 Å². The van der Waals surface area contributed by atoms with Gasteiger partial charge in [-0.15, -0.1) is 0 Å². The van der Waals surface area contributed by atoms with Crippen molar-refractivity contribution < 1.29 is 14.3 Å². The summed E-state index contributed by atoms with van der Waals surface area (Å²) in [5.41, 5.74) is 1.86. The predicted molar refractivity (Wildman–Crippen MR) is 104 cm³/mol. The van der Waals surface area contributed by atoms with Gasteiger partial charge in [0.2, 0.25) is 5.91 Å². The molecule has 28 heavy (non-hydrogen) atoms. The molecule has 1 N–H and O–H groups in total. The van der Waals surface area contributed by atoms with Gasteiger partial charge in [0.25, 0.3) is 5.91 Å². The standard InChI is InChI=1S/C21H26N4O3/c1-14(13-25-16(3)12-15(2)23-25)20(27)24-10-8-21(9-11-24)22-19(26)17-6-4-5-7-18(17)28-21/h4-7,12,14H,8-11,13H2,1-3H3,(H,22,26)/t14-/m0/s1. The minimum Gasteiger partial charge on any atom is -0.467 e. The largest absolute Gasteiger partial charge is 0.467 e. The van der Waals surface area contributed by atoms with Crippen LogP contribution in [0.25, 0.3) is 0 Å². The number of ether oxygens (including phenoxy) is 1. The van der Waals surface area contributed by atoms with E-state index in [1.54, 1.807) is 6.07 Å². The van der Waals surface area contributed by atoms with Gasteiger partial charge in [0.05, 0.1) is 23.7 Å². The van der Waals surface area contributed by atoms with E-state index in [4.69, 9.17) is 4.74 Å². The topological polar surface area (TPSA) is 76.5 Å². The summed E-state index contributed by atoms with van der Waals surface area (Å²) in [6.07, 6.45) is 1.15. The first-order chi connectivity index (χ1) is 13.4. The first-order valence-corrected chi connectivity index (χ1v) is 9.77. The number of aromatic nitrogens is 2. The summed E-state index contributed by atoms with van der Waals surface area (Å²) in [6, 6.07) is 9.29. The molecule has 1 aromatic heterocycles. The second-order valence-corrected chi connectivity index (χ2v) is 7.88. The van der Waals surface area contributed by atoms with Gasteiger partial charge < -0.3 is 15.0 Å². The third kappa shape index (κ3) is 3.37. The van der Waals surface area contributed by atoms with Gasteiger partial charge in [0.1, 0.15) is 5.75 Å². The number of nitrogens with one attached hydrogen (secondary N) is 1. The highest BCUT2D eigenvalue weighted by atomic mass is 16.5. The Morgan fingerprint density at radius 2 is 2.00 bits per heavy atom. The third-order valence-corrected chi connectivity index (χ3v) is 5.63. The van der Waals surface area contributed by atoms with Crippen LogP contribution in [0.1, 0.15) is 41.5 Å². The quantitative estimate of drug-likeness (QED) is 0.884. The Hall–Kier alpha value is -2.83. The summed E-state index contributed by atoms with van der Waals surface area (Å²) in [7, 11) is 0. The molecule has 0 bridgehead atoms. The van der Waals surface area contributed by atoms with E-state index >= 15 is 0 Å². The second kappa shape index (κ2) is 6.96. The van der Waals surface area contributed by atoms with Gasteiger partial charge in [-0.1, -0.05) is 19.1 Å². The molecule has 2 aliphatic heterocycles. The molecule has 3 heterocycles. The highest BCUT2D eigenvalue weighted by Crippen LogP contribution is 2.33. The summed E-state index contributed by atoms with van der Waals surface area (Å²) in [6.45, 7) is 7.59. The highest BCUT2D eigenvalue weighted by molar-refractivity contribution is 5.98. The van der Waals surface area contributed by atoms with Crippen molar-refractivity contribution in [1.29, 1.82) is 0 Å². The lowest BCUT2D eigenvalue weighted by Crippen LogP contribution is -2.61. The molecule has 148 valence electrons. The zero-order valence-electron chi connectivity index (χ0n) is 16.6. The number of likely N-dealkylation sites (tertiary alicyclic amines) is 1. The van der Waals surface area contributed by atoms with E-state index in [-0.39, 0.29) is 17.7 Å². The molecule has 0 saturated carbocycles.